The molecule has 0 fully saturated rings. The van der Waals surface area contributed by atoms with E-state index in [0.29, 0.717) is 30.4 Å². The van der Waals surface area contributed by atoms with Gasteiger partial charge in [0.1, 0.15) is 11.7 Å². The summed E-state index contributed by atoms with van der Waals surface area (Å²) in [6, 6.07) is 9.85. The molecule has 0 spiro atoms. The van der Waals surface area contributed by atoms with E-state index >= 15 is 0 Å². The molecule has 1 atom stereocenters. The number of rotatable bonds is 6. The van der Waals surface area contributed by atoms with Gasteiger partial charge in [-0.15, -0.1) is 0 Å². The summed E-state index contributed by atoms with van der Waals surface area (Å²) in [4.78, 5) is 31.0. The van der Waals surface area contributed by atoms with Gasteiger partial charge >= 0.3 is 0 Å². The molecule has 1 aromatic rings. The number of hydrogen-bond donors (Lipinski definition) is 4. The Labute approximate surface area is 176 Å². The highest BCUT2D eigenvalue weighted by molar-refractivity contribution is 6.05. The van der Waals surface area contributed by atoms with E-state index in [0.717, 1.165) is 11.3 Å². The third kappa shape index (κ3) is 5.73. The Hall–Kier alpha value is -3.55. The third-order valence-electron chi connectivity index (χ3n) is 4.67. The number of benzene rings is 1. The maximum Gasteiger partial charge on any atom is 0.228 e. The molecule has 158 valence electrons. The van der Waals surface area contributed by atoms with E-state index in [4.69, 9.17) is 5.73 Å². The highest BCUT2D eigenvalue weighted by Crippen LogP contribution is 2.14. The average Bonchev–Trinajstić information content (AvgIpc) is 2.74. The summed E-state index contributed by atoms with van der Waals surface area (Å²) < 4.78 is 0. The fourth-order valence-electron chi connectivity index (χ4n) is 3.17. The summed E-state index contributed by atoms with van der Waals surface area (Å²) in [5.41, 5.74) is 14.3. The minimum Gasteiger partial charge on any atom is -0.402 e. The number of nitrogens with two attached hydrogens (primary N) is 1. The van der Waals surface area contributed by atoms with Crippen LogP contribution in [0.5, 0.6) is 0 Å². The average molecular weight is 409 g/mol. The van der Waals surface area contributed by atoms with Gasteiger partial charge in [0.25, 0.3) is 0 Å². The van der Waals surface area contributed by atoms with Gasteiger partial charge in [0.15, 0.2) is 0 Å². The molecule has 2 aliphatic heterocycles. The quantitative estimate of drug-likeness (QED) is 0.571. The Bertz CT molecular complexity index is 913. The van der Waals surface area contributed by atoms with Gasteiger partial charge < -0.3 is 11.1 Å². The molecule has 2 heterocycles. The van der Waals surface area contributed by atoms with Crippen molar-refractivity contribution in [2.24, 2.45) is 16.6 Å². The van der Waals surface area contributed by atoms with Crippen LogP contribution in [0.15, 0.2) is 65.1 Å². The van der Waals surface area contributed by atoms with Crippen LogP contribution in [-0.4, -0.2) is 35.6 Å². The van der Waals surface area contributed by atoms with Crippen LogP contribution in [0.2, 0.25) is 0 Å². The maximum atomic E-state index is 12.7. The zero-order valence-corrected chi connectivity index (χ0v) is 17.3. The lowest BCUT2D eigenvalue weighted by Crippen LogP contribution is -2.44. The maximum absolute atomic E-state index is 12.7. The van der Waals surface area contributed by atoms with Gasteiger partial charge in [0.05, 0.1) is 5.70 Å². The summed E-state index contributed by atoms with van der Waals surface area (Å²) in [5, 5.41) is 2.77. The number of aliphatic imine (C=N–C) groups is 1. The lowest BCUT2D eigenvalue weighted by molar-refractivity contribution is -0.130. The van der Waals surface area contributed by atoms with Gasteiger partial charge in [0.2, 0.25) is 11.8 Å². The molecule has 0 radical (unpaired) electrons. The Morgan fingerprint density at radius 2 is 2.00 bits per heavy atom. The summed E-state index contributed by atoms with van der Waals surface area (Å²) in [6.45, 7) is 5.03. The number of nitrogens with one attached hydrogen (secondary N) is 3. The summed E-state index contributed by atoms with van der Waals surface area (Å²) in [7, 11) is 0. The van der Waals surface area contributed by atoms with Crippen molar-refractivity contribution in [3.63, 3.8) is 0 Å². The van der Waals surface area contributed by atoms with Gasteiger partial charge in [-0.05, 0) is 36.6 Å². The SMILES string of the molecule is CC(N)=CC1=NCC(C)CN1C(=O)CCC(=O)NC1=CC=C(c2ccccc2)NN1. The van der Waals surface area contributed by atoms with Crippen molar-refractivity contribution in [1.29, 1.82) is 0 Å². The number of carbonyl (C=O) groups is 2. The molecule has 2 amide bonds. The van der Waals surface area contributed by atoms with Crippen LogP contribution >= 0.6 is 0 Å². The number of amidine groups is 1. The zero-order valence-electron chi connectivity index (χ0n) is 17.3. The van der Waals surface area contributed by atoms with E-state index in [1.807, 2.05) is 43.3 Å². The van der Waals surface area contributed by atoms with Crippen molar-refractivity contribution < 1.29 is 9.59 Å². The van der Waals surface area contributed by atoms with Crippen molar-refractivity contribution in [2.45, 2.75) is 26.7 Å². The molecule has 30 heavy (non-hydrogen) atoms. The van der Waals surface area contributed by atoms with E-state index in [-0.39, 0.29) is 30.6 Å². The molecule has 0 aromatic heterocycles. The van der Waals surface area contributed by atoms with Crippen LogP contribution in [0.25, 0.3) is 5.70 Å². The number of hydrogen-bond acceptors (Lipinski definition) is 6. The normalized spacial score (nSPS) is 19.0. The van der Waals surface area contributed by atoms with Gasteiger partial charge in [-0.3, -0.25) is 30.3 Å². The van der Waals surface area contributed by atoms with Gasteiger partial charge in [-0.2, -0.15) is 0 Å². The molecule has 3 rings (SSSR count). The predicted molar refractivity (Wildman–Crippen MR) is 117 cm³/mol. The molecule has 0 saturated carbocycles. The molecule has 1 aromatic carbocycles. The van der Waals surface area contributed by atoms with Crippen molar-refractivity contribution in [3.8, 4) is 0 Å². The molecule has 0 saturated heterocycles. The first-order chi connectivity index (χ1) is 14.4. The molecule has 8 heteroatoms. The van der Waals surface area contributed by atoms with Gasteiger partial charge in [0, 0.05) is 31.6 Å². The largest absolute Gasteiger partial charge is 0.402 e. The third-order valence-corrected chi connectivity index (χ3v) is 4.67. The molecule has 0 aliphatic carbocycles. The number of carbonyl (C=O) groups excluding carboxylic acids is 2. The highest BCUT2D eigenvalue weighted by Gasteiger charge is 2.24. The van der Waals surface area contributed by atoms with Crippen molar-refractivity contribution >= 4 is 23.3 Å². The van der Waals surface area contributed by atoms with Crippen LogP contribution in [0.1, 0.15) is 32.3 Å². The monoisotopic (exact) mass is 408 g/mol. The van der Waals surface area contributed by atoms with Crippen LogP contribution in [0.4, 0.5) is 0 Å². The first-order valence-electron chi connectivity index (χ1n) is 10.00. The van der Waals surface area contributed by atoms with Gasteiger partial charge in [-0.1, -0.05) is 37.3 Å². The topological polar surface area (TPSA) is 112 Å². The van der Waals surface area contributed by atoms with Crippen LogP contribution in [0, 0.1) is 5.92 Å². The molecule has 1 unspecified atom stereocenters. The van der Waals surface area contributed by atoms with Crippen molar-refractivity contribution in [1.82, 2.24) is 21.1 Å². The van der Waals surface area contributed by atoms with E-state index in [2.05, 4.69) is 21.2 Å². The van der Waals surface area contributed by atoms with E-state index in [1.165, 1.54) is 0 Å². The lowest BCUT2D eigenvalue weighted by atomic mass is 10.1. The number of amides is 2. The zero-order chi connectivity index (χ0) is 21.5. The molecule has 2 aliphatic rings. The second-order valence-electron chi connectivity index (χ2n) is 7.52. The van der Waals surface area contributed by atoms with E-state index < -0.39 is 0 Å². The van der Waals surface area contributed by atoms with Crippen LogP contribution in [0.3, 0.4) is 0 Å². The molecule has 0 bridgehead atoms. The Balaban J connectivity index is 1.53. The number of allylic oxidation sites excluding steroid dienone is 3. The fraction of sp³-hybridized carbons (Fsp3) is 0.318. The van der Waals surface area contributed by atoms with Crippen molar-refractivity contribution in [3.05, 3.63) is 65.6 Å². The lowest BCUT2D eigenvalue weighted by Gasteiger charge is -2.29. The number of nitrogens with zero attached hydrogens (tertiary/aromatic N) is 2. The van der Waals surface area contributed by atoms with Crippen LogP contribution in [-0.2, 0) is 9.59 Å². The molecule has 5 N–H and O–H groups in total. The highest BCUT2D eigenvalue weighted by atomic mass is 16.2. The second kappa shape index (κ2) is 9.78. The molecule has 8 nitrogen and oxygen atoms in total. The van der Waals surface area contributed by atoms with Crippen LogP contribution < -0.4 is 21.9 Å². The Morgan fingerprint density at radius 3 is 2.67 bits per heavy atom. The minimum atomic E-state index is -0.241. The van der Waals surface area contributed by atoms with E-state index in [1.54, 1.807) is 24.0 Å². The number of hydrazine groups is 1. The minimum absolute atomic E-state index is 0.0800. The van der Waals surface area contributed by atoms with Gasteiger partial charge in [-0.25, -0.2) is 0 Å². The first kappa shape index (κ1) is 21.2. The van der Waals surface area contributed by atoms with Crippen molar-refractivity contribution in [2.75, 3.05) is 13.1 Å². The Morgan fingerprint density at radius 1 is 1.23 bits per heavy atom. The molecular weight excluding hydrogens is 380 g/mol. The predicted octanol–water partition coefficient (Wildman–Crippen LogP) is 1.61. The summed E-state index contributed by atoms with van der Waals surface area (Å²) >= 11 is 0. The second-order valence-corrected chi connectivity index (χ2v) is 7.52. The Kier molecular flexibility index (Phi) is 6.90. The fourth-order valence-corrected chi connectivity index (χ4v) is 3.17. The summed E-state index contributed by atoms with van der Waals surface area (Å²) in [5.74, 6) is 0.990. The first-order valence-corrected chi connectivity index (χ1v) is 10.00. The standard InChI is InChI=1S/C22H28N6O2/c1-15-13-24-20(12-16(2)23)28(14-15)22(30)11-10-21(29)25-19-9-8-18(26-27-19)17-6-4-3-5-7-17/h3-9,12,15,26-27H,10-11,13-14,23H2,1-2H3,(H,25,29). The molecular formula is C22H28N6O2. The summed E-state index contributed by atoms with van der Waals surface area (Å²) in [6.07, 6.45) is 5.54. The van der Waals surface area contributed by atoms with E-state index in [9.17, 15) is 9.59 Å². The smallest absolute Gasteiger partial charge is 0.228 e.